The molecular weight excluding hydrogens is 196 g/mol. The summed E-state index contributed by atoms with van der Waals surface area (Å²) in [4.78, 5) is 22.9. The summed E-state index contributed by atoms with van der Waals surface area (Å²) in [5.41, 5.74) is -0.536. The Morgan fingerprint density at radius 1 is 1.60 bits per heavy atom. The van der Waals surface area contributed by atoms with Gasteiger partial charge in [0.2, 0.25) is 6.10 Å². The number of hydrogen-bond acceptors (Lipinski definition) is 4. The molecule has 0 N–H and O–H groups in total. The Balaban J connectivity index is 2.56. The molecule has 2 unspecified atom stereocenters. The minimum absolute atomic E-state index is 0.153. The van der Waals surface area contributed by atoms with E-state index in [0.717, 1.165) is 0 Å². The summed E-state index contributed by atoms with van der Waals surface area (Å²) < 4.78 is 10.0. The first-order valence-corrected chi connectivity index (χ1v) is 5.28. The van der Waals surface area contributed by atoms with Crippen LogP contribution in [-0.2, 0) is 19.1 Å². The normalized spacial score (nSPS) is 26.3. The number of esters is 2. The first-order chi connectivity index (χ1) is 6.86. The lowest BCUT2D eigenvalue weighted by Gasteiger charge is -2.21. The molecule has 0 aromatic carbocycles. The molecule has 0 amide bonds. The summed E-state index contributed by atoms with van der Waals surface area (Å²) in [6.45, 7) is 7.31. The second-order valence-corrected chi connectivity index (χ2v) is 4.61. The maximum atomic E-state index is 11.7. The fraction of sp³-hybridized carbons (Fsp3) is 0.818. The number of rotatable bonds is 3. The number of carbonyl (C=O) groups excluding carboxylic acids is 2. The fourth-order valence-electron chi connectivity index (χ4n) is 1.25. The van der Waals surface area contributed by atoms with Crippen molar-refractivity contribution < 1.29 is 19.1 Å². The summed E-state index contributed by atoms with van der Waals surface area (Å²) in [5, 5.41) is 0. The van der Waals surface area contributed by atoms with Gasteiger partial charge in [-0.15, -0.1) is 0 Å². The average molecular weight is 214 g/mol. The fourth-order valence-corrected chi connectivity index (χ4v) is 1.25. The van der Waals surface area contributed by atoms with Crippen LogP contribution >= 0.6 is 0 Å². The van der Waals surface area contributed by atoms with Gasteiger partial charge in [-0.05, 0) is 27.2 Å². The first kappa shape index (κ1) is 12.0. The Labute approximate surface area is 89.9 Å². The van der Waals surface area contributed by atoms with Crippen molar-refractivity contribution in [3.63, 3.8) is 0 Å². The Kier molecular flexibility index (Phi) is 3.37. The predicted molar refractivity (Wildman–Crippen MR) is 54.1 cm³/mol. The van der Waals surface area contributed by atoms with Crippen LogP contribution in [0, 0.1) is 5.41 Å². The molecule has 2 atom stereocenters. The van der Waals surface area contributed by atoms with Crippen LogP contribution in [0.15, 0.2) is 0 Å². The summed E-state index contributed by atoms with van der Waals surface area (Å²) in [6, 6.07) is 0. The van der Waals surface area contributed by atoms with Gasteiger partial charge in [0.1, 0.15) is 6.10 Å². The van der Waals surface area contributed by atoms with Crippen LogP contribution in [0.5, 0.6) is 0 Å². The lowest BCUT2D eigenvalue weighted by Crippen LogP contribution is -2.32. The molecule has 15 heavy (non-hydrogen) atoms. The lowest BCUT2D eigenvalue weighted by atomic mass is 9.90. The first-order valence-electron chi connectivity index (χ1n) is 5.28. The molecule has 0 aliphatic carbocycles. The van der Waals surface area contributed by atoms with Crippen LogP contribution in [-0.4, -0.2) is 24.1 Å². The molecule has 0 radical (unpaired) electrons. The van der Waals surface area contributed by atoms with Gasteiger partial charge in [0.15, 0.2) is 0 Å². The molecule has 4 heteroatoms. The van der Waals surface area contributed by atoms with Crippen molar-refractivity contribution >= 4 is 11.9 Å². The maximum Gasteiger partial charge on any atom is 0.347 e. The Hall–Kier alpha value is -1.06. The van der Waals surface area contributed by atoms with Gasteiger partial charge >= 0.3 is 11.9 Å². The van der Waals surface area contributed by atoms with Crippen LogP contribution in [0.25, 0.3) is 0 Å². The number of ether oxygens (including phenoxy) is 2. The third-order valence-corrected chi connectivity index (χ3v) is 2.81. The average Bonchev–Trinajstić information content (AvgIpc) is 2.45. The quantitative estimate of drug-likeness (QED) is 0.670. The largest absolute Gasteiger partial charge is 0.460 e. The molecule has 86 valence electrons. The molecule has 0 aromatic rings. The molecule has 1 aliphatic rings. The zero-order valence-electron chi connectivity index (χ0n) is 9.70. The van der Waals surface area contributed by atoms with Gasteiger partial charge in [-0.1, -0.05) is 6.92 Å². The zero-order valence-corrected chi connectivity index (χ0v) is 9.70. The topological polar surface area (TPSA) is 52.6 Å². The number of hydrogen-bond donors (Lipinski definition) is 0. The number of cyclic esters (lactones) is 1. The van der Waals surface area contributed by atoms with E-state index < -0.39 is 17.5 Å². The Morgan fingerprint density at radius 2 is 2.20 bits per heavy atom. The minimum atomic E-state index is -0.710. The van der Waals surface area contributed by atoms with E-state index in [4.69, 9.17) is 9.47 Å². The third kappa shape index (κ3) is 2.70. The second-order valence-electron chi connectivity index (χ2n) is 4.61. The molecule has 0 bridgehead atoms. The third-order valence-electron chi connectivity index (χ3n) is 2.81. The van der Waals surface area contributed by atoms with Crippen molar-refractivity contribution in [1.29, 1.82) is 0 Å². The molecule has 1 rings (SSSR count). The van der Waals surface area contributed by atoms with Gasteiger partial charge in [0, 0.05) is 6.42 Å². The van der Waals surface area contributed by atoms with Gasteiger partial charge < -0.3 is 9.47 Å². The van der Waals surface area contributed by atoms with Crippen LogP contribution in [0.1, 0.15) is 40.5 Å². The summed E-state index contributed by atoms with van der Waals surface area (Å²) >= 11 is 0. The van der Waals surface area contributed by atoms with Crippen LogP contribution < -0.4 is 0 Å². The van der Waals surface area contributed by atoms with Crippen molar-refractivity contribution in [2.45, 2.75) is 52.7 Å². The van der Waals surface area contributed by atoms with Gasteiger partial charge in [-0.25, -0.2) is 4.79 Å². The maximum absolute atomic E-state index is 11.7. The lowest BCUT2D eigenvalue weighted by molar-refractivity contribution is -0.167. The van der Waals surface area contributed by atoms with E-state index in [2.05, 4.69) is 0 Å². The molecule has 0 spiro atoms. The Bertz CT molecular complexity index is 270. The van der Waals surface area contributed by atoms with E-state index in [1.165, 1.54) is 0 Å². The van der Waals surface area contributed by atoms with Gasteiger partial charge in [-0.2, -0.15) is 0 Å². The summed E-state index contributed by atoms with van der Waals surface area (Å²) in [6.07, 6.45) is 0.284. The smallest absolute Gasteiger partial charge is 0.347 e. The van der Waals surface area contributed by atoms with Crippen molar-refractivity contribution in [2.75, 3.05) is 0 Å². The van der Waals surface area contributed by atoms with E-state index in [0.29, 0.717) is 12.8 Å². The van der Waals surface area contributed by atoms with Crippen molar-refractivity contribution in [1.82, 2.24) is 0 Å². The van der Waals surface area contributed by atoms with E-state index in [9.17, 15) is 9.59 Å². The van der Waals surface area contributed by atoms with Gasteiger partial charge in [-0.3, -0.25) is 4.79 Å². The molecule has 0 aromatic heterocycles. The second kappa shape index (κ2) is 4.21. The highest BCUT2D eigenvalue weighted by atomic mass is 16.6. The highest BCUT2D eigenvalue weighted by Gasteiger charge is 2.38. The van der Waals surface area contributed by atoms with Crippen LogP contribution in [0.2, 0.25) is 0 Å². The van der Waals surface area contributed by atoms with E-state index >= 15 is 0 Å². The molecular formula is C11H18O4. The molecule has 1 aliphatic heterocycles. The van der Waals surface area contributed by atoms with Gasteiger partial charge in [0.05, 0.1) is 5.41 Å². The molecule has 0 saturated carbocycles. The summed E-state index contributed by atoms with van der Waals surface area (Å²) in [5.74, 6) is -0.760. The molecule has 1 saturated heterocycles. The highest BCUT2D eigenvalue weighted by molar-refractivity contribution is 5.83. The molecule has 1 heterocycles. The highest BCUT2D eigenvalue weighted by Crippen LogP contribution is 2.25. The van der Waals surface area contributed by atoms with Crippen LogP contribution in [0.3, 0.4) is 0 Å². The standard InChI is InChI=1S/C11H18O4/c1-5-11(3,4)10(13)15-8-6-7(2)14-9(8)12/h7-8H,5-6H2,1-4H3. The van der Waals surface area contributed by atoms with E-state index in [1.54, 1.807) is 20.8 Å². The van der Waals surface area contributed by atoms with E-state index in [1.807, 2.05) is 6.92 Å². The number of carbonyl (C=O) groups is 2. The Morgan fingerprint density at radius 3 is 2.60 bits per heavy atom. The van der Waals surface area contributed by atoms with Crippen molar-refractivity contribution in [3.8, 4) is 0 Å². The molecule has 4 nitrogen and oxygen atoms in total. The molecule has 1 fully saturated rings. The van der Waals surface area contributed by atoms with E-state index in [-0.39, 0.29) is 12.1 Å². The SMILES string of the molecule is CCC(C)(C)C(=O)OC1CC(C)OC1=O. The van der Waals surface area contributed by atoms with Gasteiger partial charge in [0.25, 0.3) is 0 Å². The monoisotopic (exact) mass is 214 g/mol. The van der Waals surface area contributed by atoms with Crippen LogP contribution in [0.4, 0.5) is 0 Å². The summed E-state index contributed by atoms with van der Waals surface area (Å²) in [7, 11) is 0. The minimum Gasteiger partial charge on any atom is -0.460 e. The zero-order chi connectivity index (χ0) is 11.6. The van der Waals surface area contributed by atoms with Crippen molar-refractivity contribution in [2.24, 2.45) is 5.41 Å². The predicted octanol–water partition coefficient (Wildman–Crippen LogP) is 1.67. The van der Waals surface area contributed by atoms with Crippen molar-refractivity contribution in [3.05, 3.63) is 0 Å².